The van der Waals surface area contributed by atoms with Gasteiger partial charge in [-0.2, -0.15) is 4.98 Å². The summed E-state index contributed by atoms with van der Waals surface area (Å²) in [6, 6.07) is 0.680. The second-order valence-electron chi connectivity index (χ2n) is 7.18. The molecule has 4 rings (SSSR count). The topological polar surface area (TPSA) is 94.6 Å². The molecule has 150 valence electrons. The molecule has 3 aliphatic rings. The van der Waals surface area contributed by atoms with Crippen molar-refractivity contribution < 1.29 is 9.59 Å². The zero-order valence-corrected chi connectivity index (χ0v) is 16.8. The summed E-state index contributed by atoms with van der Waals surface area (Å²) in [7, 11) is 0. The van der Waals surface area contributed by atoms with E-state index in [4.69, 9.17) is 0 Å². The monoisotopic (exact) mass is 403 g/mol. The maximum atomic E-state index is 11.7. The third-order valence-corrected chi connectivity index (χ3v) is 6.41. The number of nitrogens with zero attached hydrogens (tertiary/aromatic N) is 6. The summed E-state index contributed by atoms with van der Waals surface area (Å²) in [6.45, 7) is 9.53. The molecule has 4 heterocycles. The summed E-state index contributed by atoms with van der Waals surface area (Å²) in [5, 5.41) is 1.87. The van der Waals surface area contributed by atoms with Gasteiger partial charge in [0.25, 0.3) is 11.1 Å². The molecule has 0 radical (unpaired) electrons. The number of imide groups is 1. The number of thioether (sulfide) groups is 1. The molecule has 3 aliphatic heterocycles. The summed E-state index contributed by atoms with van der Waals surface area (Å²) in [4.78, 5) is 43.5. The van der Waals surface area contributed by atoms with Crippen LogP contribution in [-0.4, -0.2) is 87.8 Å². The number of rotatable bonds is 4. The Balaban J connectivity index is 1.36. The Morgan fingerprint density at radius 1 is 1.14 bits per heavy atom. The molecule has 0 saturated carbocycles. The molecule has 3 saturated heterocycles. The van der Waals surface area contributed by atoms with Crippen molar-refractivity contribution >= 4 is 34.9 Å². The van der Waals surface area contributed by atoms with Crippen LogP contribution in [0.25, 0.3) is 6.08 Å². The Labute approximate surface area is 168 Å². The second kappa shape index (κ2) is 8.54. The third-order valence-electron chi connectivity index (χ3n) is 5.60. The largest absolute Gasteiger partial charge is 0.338 e. The van der Waals surface area contributed by atoms with Crippen LogP contribution in [-0.2, 0) is 4.79 Å². The standard InChI is InChI=1S/C18H25N7O2S/c1-2-23-5-3-13(4-6-23)24-7-9-25(10-8-24)17-20-12-19-15(21-17)11-14-16(26)22-18(27)28-14/h11-13H,2-10H2,1H3,(H,22,26,27)/b14-11+. The molecule has 3 fully saturated rings. The molecule has 0 spiro atoms. The van der Waals surface area contributed by atoms with Gasteiger partial charge in [0.2, 0.25) is 5.95 Å². The van der Waals surface area contributed by atoms with E-state index in [9.17, 15) is 9.59 Å². The Bertz CT molecular complexity index is 771. The predicted molar refractivity (Wildman–Crippen MR) is 108 cm³/mol. The van der Waals surface area contributed by atoms with Gasteiger partial charge >= 0.3 is 0 Å². The van der Waals surface area contributed by atoms with Crippen molar-refractivity contribution in [2.75, 3.05) is 50.7 Å². The first-order valence-electron chi connectivity index (χ1n) is 9.77. The van der Waals surface area contributed by atoms with E-state index in [0.717, 1.165) is 44.5 Å². The Morgan fingerprint density at radius 2 is 1.89 bits per heavy atom. The average molecular weight is 404 g/mol. The fourth-order valence-corrected chi connectivity index (χ4v) is 4.60. The molecule has 10 heteroatoms. The highest BCUT2D eigenvalue weighted by atomic mass is 32.2. The van der Waals surface area contributed by atoms with Crippen LogP contribution < -0.4 is 10.2 Å². The second-order valence-corrected chi connectivity index (χ2v) is 8.20. The number of hydrogen-bond acceptors (Lipinski definition) is 9. The Hall–Kier alpha value is -2.04. The smallest absolute Gasteiger partial charge is 0.290 e. The lowest BCUT2D eigenvalue weighted by molar-refractivity contribution is -0.115. The minimum absolute atomic E-state index is 0.311. The lowest BCUT2D eigenvalue weighted by Crippen LogP contribution is -2.53. The van der Waals surface area contributed by atoms with E-state index in [0.29, 0.717) is 22.7 Å². The molecule has 1 aromatic rings. The van der Waals surface area contributed by atoms with Crippen LogP contribution in [0.5, 0.6) is 0 Å². The third kappa shape index (κ3) is 4.34. The van der Waals surface area contributed by atoms with E-state index >= 15 is 0 Å². The Kier molecular flexibility index (Phi) is 5.88. The number of aromatic nitrogens is 3. The molecule has 0 unspecified atom stereocenters. The fraction of sp³-hybridized carbons (Fsp3) is 0.611. The molecular weight excluding hydrogens is 378 g/mol. The minimum atomic E-state index is -0.403. The molecule has 2 amide bonds. The van der Waals surface area contributed by atoms with Gasteiger partial charge in [0.05, 0.1) is 4.91 Å². The molecule has 0 aromatic carbocycles. The van der Waals surface area contributed by atoms with Crippen LogP contribution in [0.15, 0.2) is 11.2 Å². The normalized spacial score (nSPS) is 24.2. The predicted octanol–water partition coefficient (Wildman–Crippen LogP) is 0.802. The summed E-state index contributed by atoms with van der Waals surface area (Å²) >= 11 is 0.865. The van der Waals surface area contributed by atoms with Crippen molar-refractivity contribution in [3.63, 3.8) is 0 Å². The number of nitrogens with one attached hydrogen (secondary N) is 1. The van der Waals surface area contributed by atoms with Crippen molar-refractivity contribution in [1.29, 1.82) is 0 Å². The van der Waals surface area contributed by atoms with Gasteiger partial charge in [0.1, 0.15) is 6.33 Å². The number of piperidine rings is 1. The fourth-order valence-electron chi connectivity index (χ4n) is 3.95. The lowest BCUT2D eigenvalue weighted by atomic mass is 10.0. The van der Waals surface area contributed by atoms with Crippen LogP contribution in [0.1, 0.15) is 25.6 Å². The maximum Gasteiger partial charge on any atom is 0.290 e. The molecule has 1 N–H and O–H groups in total. The Morgan fingerprint density at radius 3 is 2.54 bits per heavy atom. The SMILES string of the molecule is CCN1CCC(N2CCN(c3ncnc(/C=C4/SC(=O)NC4=O)n3)CC2)CC1. The van der Waals surface area contributed by atoms with E-state index in [1.54, 1.807) is 0 Å². The van der Waals surface area contributed by atoms with Gasteiger partial charge in [0.15, 0.2) is 5.82 Å². The quantitative estimate of drug-likeness (QED) is 0.733. The summed E-state index contributed by atoms with van der Waals surface area (Å²) in [5.74, 6) is 0.614. The van der Waals surface area contributed by atoms with Gasteiger partial charge in [-0.3, -0.25) is 19.8 Å². The van der Waals surface area contributed by atoms with Gasteiger partial charge in [-0.05, 0) is 44.2 Å². The van der Waals surface area contributed by atoms with Crippen molar-refractivity contribution in [3.8, 4) is 0 Å². The van der Waals surface area contributed by atoms with Crippen molar-refractivity contribution in [3.05, 3.63) is 17.1 Å². The van der Waals surface area contributed by atoms with Crippen LogP contribution in [0, 0.1) is 0 Å². The lowest BCUT2D eigenvalue weighted by Gasteiger charge is -2.42. The highest BCUT2D eigenvalue weighted by molar-refractivity contribution is 8.18. The minimum Gasteiger partial charge on any atom is -0.338 e. The van der Waals surface area contributed by atoms with Crippen LogP contribution >= 0.6 is 11.8 Å². The van der Waals surface area contributed by atoms with Gasteiger partial charge in [-0.1, -0.05) is 6.92 Å². The van der Waals surface area contributed by atoms with Crippen molar-refractivity contribution in [2.24, 2.45) is 0 Å². The van der Waals surface area contributed by atoms with E-state index in [2.05, 4.69) is 41.9 Å². The van der Waals surface area contributed by atoms with E-state index in [1.807, 2.05) is 0 Å². The zero-order valence-electron chi connectivity index (χ0n) is 16.0. The molecule has 0 bridgehead atoms. The summed E-state index contributed by atoms with van der Waals surface area (Å²) in [6.07, 6.45) is 5.49. The zero-order chi connectivity index (χ0) is 19.5. The van der Waals surface area contributed by atoms with Gasteiger partial charge in [0, 0.05) is 38.3 Å². The maximum absolute atomic E-state index is 11.7. The summed E-state index contributed by atoms with van der Waals surface area (Å²) < 4.78 is 0. The molecule has 0 atom stereocenters. The molecule has 1 aromatic heterocycles. The summed E-state index contributed by atoms with van der Waals surface area (Å²) in [5.41, 5.74) is 0. The van der Waals surface area contributed by atoms with Crippen LogP contribution in [0.4, 0.5) is 10.7 Å². The number of likely N-dealkylation sites (tertiary alicyclic amines) is 1. The van der Waals surface area contributed by atoms with Crippen LogP contribution in [0.3, 0.4) is 0 Å². The average Bonchev–Trinajstić information content (AvgIpc) is 3.05. The van der Waals surface area contributed by atoms with Crippen molar-refractivity contribution in [1.82, 2.24) is 30.1 Å². The first kappa shape index (κ1) is 19.3. The van der Waals surface area contributed by atoms with Gasteiger partial charge in [-0.25, -0.2) is 9.97 Å². The number of piperazine rings is 1. The molecular formula is C18H25N7O2S. The van der Waals surface area contributed by atoms with Crippen LogP contribution in [0.2, 0.25) is 0 Å². The molecule has 28 heavy (non-hydrogen) atoms. The van der Waals surface area contributed by atoms with Gasteiger partial charge < -0.3 is 9.80 Å². The number of anilines is 1. The van der Waals surface area contributed by atoms with Crippen molar-refractivity contribution in [2.45, 2.75) is 25.8 Å². The van der Waals surface area contributed by atoms with E-state index < -0.39 is 5.91 Å². The highest BCUT2D eigenvalue weighted by Gasteiger charge is 2.28. The number of carbonyl (C=O) groups is 2. The number of amides is 2. The first-order valence-corrected chi connectivity index (χ1v) is 10.6. The highest BCUT2D eigenvalue weighted by Crippen LogP contribution is 2.25. The molecule has 0 aliphatic carbocycles. The molecule has 9 nitrogen and oxygen atoms in total. The number of carbonyl (C=O) groups excluding carboxylic acids is 2. The van der Waals surface area contributed by atoms with E-state index in [1.165, 1.54) is 38.3 Å². The first-order chi connectivity index (χ1) is 13.6. The van der Waals surface area contributed by atoms with E-state index in [-0.39, 0.29) is 5.24 Å². The number of hydrogen-bond donors (Lipinski definition) is 1. The van der Waals surface area contributed by atoms with Gasteiger partial charge in [-0.15, -0.1) is 0 Å².